The van der Waals surface area contributed by atoms with Crippen molar-refractivity contribution in [1.82, 2.24) is 15.6 Å². The molecule has 0 aliphatic heterocycles. The average molecular weight is 321 g/mol. The van der Waals surface area contributed by atoms with Gasteiger partial charge in [0.1, 0.15) is 5.01 Å². The molecule has 0 bridgehead atoms. The van der Waals surface area contributed by atoms with Crippen molar-refractivity contribution >= 4 is 28.7 Å². The number of nitrogens with zero attached hydrogens (tertiary/aromatic N) is 1. The Balaban J connectivity index is 1.51. The fourth-order valence-electron chi connectivity index (χ4n) is 2.31. The summed E-state index contributed by atoms with van der Waals surface area (Å²) >= 11 is 3.34. The van der Waals surface area contributed by atoms with Gasteiger partial charge in [-0.05, 0) is 30.2 Å². The second-order valence-electron chi connectivity index (χ2n) is 5.46. The maximum Gasteiger partial charge on any atom is 0.315 e. The van der Waals surface area contributed by atoms with Crippen molar-refractivity contribution in [3.63, 3.8) is 0 Å². The predicted molar refractivity (Wildman–Crippen MR) is 86.8 cm³/mol. The molecule has 2 atom stereocenters. The maximum absolute atomic E-state index is 12.1. The molecule has 1 aliphatic carbocycles. The molecular weight excluding hydrogens is 302 g/mol. The summed E-state index contributed by atoms with van der Waals surface area (Å²) in [6, 6.07) is 4.13. The molecule has 4 nitrogen and oxygen atoms in total. The average Bonchev–Trinajstić information content (AvgIpc) is 2.97. The van der Waals surface area contributed by atoms with E-state index in [0.717, 1.165) is 5.01 Å². The van der Waals surface area contributed by atoms with Gasteiger partial charge < -0.3 is 10.6 Å². The zero-order valence-corrected chi connectivity index (χ0v) is 13.5. The van der Waals surface area contributed by atoms with Crippen LogP contribution < -0.4 is 10.6 Å². The maximum atomic E-state index is 12.1. The summed E-state index contributed by atoms with van der Waals surface area (Å²) in [5, 5.41) is 11.1. The van der Waals surface area contributed by atoms with Gasteiger partial charge in [0.05, 0.1) is 6.04 Å². The molecule has 2 aromatic heterocycles. The second kappa shape index (κ2) is 6.58. The summed E-state index contributed by atoms with van der Waals surface area (Å²) in [6.45, 7) is 2.78. The Kier molecular flexibility index (Phi) is 4.55. The number of thiophene rings is 1. The summed E-state index contributed by atoms with van der Waals surface area (Å²) in [5.41, 5.74) is 0. The number of hydrogen-bond acceptors (Lipinski definition) is 4. The smallest absolute Gasteiger partial charge is 0.315 e. The van der Waals surface area contributed by atoms with E-state index in [4.69, 9.17) is 0 Å². The van der Waals surface area contributed by atoms with Crippen molar-refractivity contribution in [2.75, 3.05) is 6.54 Å². The van der Waals surface area contributed by atoms with Gasteiger partial charge in [-0.15, -0.1) is 22.7 Å². The minimum atomic E-state index is -0.0921. The van der Waals surface area contributed by atoms with Crippen molar-refractivity contribution in [3.8, 4) is 0 Å². The van der Waals surface area contributed by atoms with Gasteiger partial charge in [-0.1, -0.05) is 13.0 Å². The molecule has 2 amide bonds. The number of carbonyl (C=O) groups is 1. The molecule has 1 fully saturated rings. The van der Waals surface area contributed by atoms with Crippen LogP contribution in [0.4, 0.5) is 4.79 Å². The van der Waals surface area contributed by atoms with Crippen molar-refractivity contribution < 1.29 is 4.79 Å². The largest absolute Gasteiger partial charge is 0.338 e. The zero-order chi connectivity index (χ0) is 14.7. The lowest BCUT2D eigenvalue weighted by molar-refractivity contribution is 0.235. The first kappa shape index (κ1) is 14.5. The first-order valence-electron chi connectivity index (χ1n) is 7.21. The van der Waals surface area contributed by atoms with Gasteiger partial charge in [0.2, 0.25) is 0 Å². The summed E-state index contributed by atoms with van der Waals surface area (Å²) < 4.78 is 0. The first-order chi connectivity index (χ1) is 10.2. The van der Waals surface area contributed by atoms with E-state index >= 15 is 0 Å². The van der Waals surface area contributed by atoms with E-state index in [1.165, 1.54) is 17.7 Å². The van der Waals surface area contributed by atoms with E-state index in [2.05, 4.69) is 34.0 Å². The van der Waals surface area contributed by atoms with Crippen molar-refractivity contribution in [2.45, 2.75) is 31.7 Å². The van der Waals surface area contributed by atoms with Crippen LogP contribution in [0.15, 0.2) is 29.1 Å². The monoisotopic (exact) mass is 321 g/mol. The van der Waals surface area contributed by atoms with E-state index in [1.807, 2.05) is 11.4 Å². The summed E-state index contributed by atoms with van der Waals surface area (Å²) in [5.74, 6) is 0.895. The second-order valence-corrected chi connectivity index (χ2v) is 7.36. The summed E-state index contributed by atoms with van der Waals surface area (Å²) in [4.78, 5) is 17.8. The van der Waals surface area contributed by atoms with Gasteiger partial charge in [-0.3, -0.25) is 0 Å². The number of aromatic nitrogens is 1. The number of urea groups is 1. The highest BCUT2D eigenvalue weighted by atomic mass is 32.1. The first-order valence-corrected chi connectivity index (χ1v) is 8.97. The van der Waals surface area contributed by atoms with Gasteiger partial charge in [0, 0.05) is 28.9 Å². The highest BCUT2D eigenvalue weighted by Crippen LogP contribution is 2.41. The Hall–Kier alpha value is -1.40. The Bertz CT molecular complexity index is 564. The molecule has 2 aromatic rings. The van der Waals surface area contributed by atoms with Crippen LogP contribution in [0.3, 0.4) is 0 Å². The number of nitrogens with one attached hydrogen (secondary N) is 2. The summed E-state index contributed by atoms with van der Waals surface area (Å²) in [6.07, 6.45) is 4.15. The third-order valence-corrected chi connectivity index (χ3v) is 5.66. The number of rotatable bonds is 6. The topological polar surface area (TPSA) is 54.0 Å². The van der Waals surface area contributed by atoms with Gasteiger partial charge in [0.25, 0.3) is 0 Å². The molecule has 1 aliphatic rings. The molecule has 0 spiro atoms. The van der Waals surface area contributed by atoms with E-state index in [9.17, 15) is 4.79 Å². The Labute approximate surface area is 132 Å². The van der Waals surface area contributed by atoms with Crippen molar-refractivity contribution in [3.05, 3.63) is 39.0 Å². The van der Waals surface area contributed by atoms with Crippen LogP contribution in [-0.2, 0) is 0 Å². The fraction of sp³-hybridized carbons (Fsp3) is 0.467. The minimum Gasteiger partial charge on any atom is -0.338 e. The van der Waals surface area contributed by atoms with E-state index in [-0.39, 0.29) is 12.1 Å². The van der Waals surface area contributed by atoms with Crippen molar-refractivity contribution in [2.24, 2.45) is 5.92 Å². The lowest BCUT2D eigenvalue weighted by Crippen LogP contribution is -2.40. The summed E-state index contributed by atoms with van der Waals surface area (Å²) in [7, 11) is 0. The Morgan fingerprint density at radius 1 is 1.43 bits per heavy atom. The molecule has 0 saturated heterocycles. The van der Waals surface area contributed by atoms with Crippen LogP contribution in [-0.4, -0.2) is 17.6 Å². The number of hydrogen-bond donors (Lipinski definition) is 2. The normalized spacial score (nSPS) is 17.2. The lowest BCUT2D eigenvalue weighted by atomic mass is 10.1. The SMILES string of the molecule is C[C@@H](CNC(=O)N[C@H](c1nccs1)C1CC1)c1cccs1. The molecule has 3 rings (SSSR count). The zero-order valence-electron chi connectivity index (χ0n) is 11.9. The molecular formula is C15H19N3OS2. The highest BCUT2D eigenvalue weighted by molar-refractivity contribution is 7.10. The molecule has 0 unspecified atom stereocenters. The third kappa shape index (κ3) is 3.83. The third-order valence-electron chi connectivity index (χ3n) is 3.70. The van der Waals surface area contributed by atoms with Crippen LogP contribution in [0, 0.1) is 5.92 Å². The lowest BCUT2D eigenvalue weighted by Gasteiger charge is -2.17. The van der Waals surface area contributed by atoms with Crippen LogP contribution in [0.1, 0.15) is 41.6 Å². The number of thiazole rings is 1. The number of amides is 2. The van der Waals surface area contributed by atoms with E-state index in [1.54, 1.807) is 28.9 Å². The molecule has 112 valence electrons. The Morgan fingerprint density at radius 2 is 2.29 bits per heavy atom. The molecule has 2 N–H and O–H groups in total. The molecule has 2 heterocycles. The molecule has 1 saturated carbocycles. The van der Waals surface area contributed by atoms with E-state index in [0.29, 0.717) is 18.4 Å². The predicted octanol–water partition coefficient (Wildman–Crippen LogP) is 3.76. The molecule has 0 radical (unpaired) electrons. The van der Waals surface area contributed by atoms with Gasteiger partial charge in [0.15, 0.2) is 0 Å². The molecule has 6 heteroatoms. The highest BCUT2D eigenvalue weighted by Gasteiger charge is 2.34. The molecule has 0 aromatic carbocycles. The van der Waals surface area contributed by atoms with Crippen LogP contribution in [0.5, 0.6) is 0 Å². The molecule has 21 heavy (non-hydrogen) atoms. The van der Waals surface area contributed by atoms with Crippen LogP contribution in [0.2, 0.25) is 0 Å². The van der Waals surface area contributed by atoms with E-state index < -0.39 is 0 Å². The minimum absolute atomic E-state index is 0.0713. The number of carbonyl (C=O) groups excluding carboxylic acids is 1. The van der Waals surface area contributed by atoms with Gasteiger partial charge >= 0.3 is 6.03 Å². The quantitative estimate of drug-likeness (QED) is 0.851. The van der Waals surface area contributed by atoms with Gasteiger partial charge in [-0.25, -0.2) is 9.78 Å². The van der Waals surface area contributed by atoms with Crippen LogP contribution >= 0.6 is 22.7 Å². The van der Waals surface area contributed by atoms with Gasteiger partial charge in [-0.2, -0.15) is 0 Å². The Morgan fingerprint density at radius 3 is 2.90 bits per heavy atom. The standard InChI is InChI=1S/C15H19N3OS2/c1-10(12-3-2-7-20-12)9-17-15(19)18-13(11-4-5-11)14-16-6-8-21-14/h2-3,6-8,10-11,13H,4-5,9H2,1H3,(H2,17,18,19)/t10-,13-/m0/s1. The van der Waals surface area contributed by atoms with Crippen LogP contribution in [0.25, 0.3) is 0 Å². The fourth-order valence-corrected chi connectivity index (χ4v) is 3.88. The van der Waals surface area contributed by atoms with Crippen molar-refractivity contribution in [1.29, 1.82) is 0 Å².